The fraction of sp³-hybridized carbons (Fsp3) is 0.385. The van der Waals surface area contributed by atoms with Crippen molar-refractivity contribution < 1.29 is 18.0 Å². The number of nitrogens with one attached hydrogen (secondary N) is 1. The lowest BCUT2D eigenvalue weighted by atomic mass is 10.1. The summed E-state index contributed by atoms with van der Waals surface area (Å²) in [6, 6.07) is 6.03. The average molecular weight is 285 g/mol. The van der Waals surface area contributed by atoms with E-state index in [0.717, 1.165) is 0 Å². The summed E-state index contributed by atoms with van der Waals surface area (Å²) in [5.74, 6) is -2.06. The molecule has 0 saturated carbocycles. The smallest absolute Gasteiger partial charge is 0.371 e. The van der Waals surface area contributed by atoms with Crippen LogP contribution in [0.1, 0.15) is 19.4 Å². The summed E-state index contributed by atoms with van der Waals surface area (Å²) >= 11 is 0. The second-order valence-corrected chi connectivity index (χ2v) is 3.97. The van der Waals surface area contributed by atoms with Crippen molar-refractivity contribution in [3.8, 4) is 6.07 Å². The summed E-state index contributed by atoms with van der Waals surface area (Å²) in [5, 5.41) is 10.8. The number of nitriles is 1. The lowest BCUT2D eigenvalue weighted by Crippen LogP contribution is -2.30. The SMILES string of the molecule is CCN(CC)c1ccc(NC(=O)C(F)(F)F)cc1C#N. The maximum absolute atomic E-state index is 12.1. The lowest BCUT2D eigenvalue weighted by Gasteiger charge is -2.22. The zero-order valence-electron chi connectivity index (χ0n) is 11.1. The van der Waals surface area contributed by atoms with Crippen molar-refractivity contribution in [2.24, 2.45) is 0 Å². The van der Waals surface area contributed by atoms with E-state index in [1.54, 1.807) is 5.32 Å². The molecule has 1 N–H and O–H groups in total. The summed E-state index contributed by atoms with van der Waals surface area (Å²) in [7, 11) is 0. The largest absolute Gasteiger partial charge is 0.471 e. The number of carbonyl (C=O) groups is 1. The molecule has 0 fully saturated rings. The van der Waals surface area contributed by atoms with E-state index in [9.17, 15) is 18.0 Å². The number of rotatable bonds is 4. The minimum absolute atomic E-state index is 0.0558. The van der Waals surface area contributed by atoms with Gasteiger partial charge in [-0.25, -0.2) is 0 Å². The van der Waals surface area contributed by atoms with Crippen LogP contribution in [-0.2, 0) is 4.79 Å². The van der Waals surface area contributed by atoms with E-state index >= 15 is 0 Å². The number of halogens is 3. The molecule has 7 heteroatoms. The maximum atomic E-state index is 12.1. The van der Waals surface area contributed by atoms with Crippen molar-refractivity contribution in [2.75, 3.05) is 23.3 Å². The first kappa shape index (κ1) is 15.8. The highest BCUT2D eigenvalue weighted by Gasteiger charge is 2.38. The van der Waals surface area contributed by atoms with Crippen molar-refractivity contribution in [1.29, 1.82) is 5.26 Å². The Morgan fingerprint density at radius 3 is 2.40 bits per heavy atom. The van der Waals surface area contributed by atoms with Gasteiger partial charge in [0.15, 0.2) is 0 Å². The minimum Gasteiger partial charge on any atom is -0.371 e. The van der Waals surface area contributed by atoms with Crippen molar-refractivity contribution in [3.05, 3.63) is 23.8 Å². The molecule has 0 aliphatic rings. The molecule has 1 amide bonds. The Labute approximate surface area is 114 Å². The highest BCUT2D eigenvalue weighted by Crippen LogP contribution is 2.25. The molecule has 108 valence electrons. The molecule has 1 rings (SSSR count). The van der Waals surface area contributed by atoms with Gasteiger partial charge in [-0.2, -0.15) is 18.4 Å². The van der Waals surface area contributed by atoms with Crippen LogP contribution in [0.15, 0.2) is 18.2 Å². The highest BCUT2D eigenvalue weighted by atomic mass is 19.4. The van der Waals surface area contributed by atoms with Crippen molar-refractivity contribution in [1.82, 2.24) is 0 Å². The maximum Gasteiger partial charge on any atom is 0.471 e. The number of benzene rings is 1. The second-order valence-electron chi connectivity index (χ2n) is 3.97. The molecule has 0 radical (unpaired) electrons. The van der Waals surface area contributed by atoms with Crippen molar-refractivity contribution >= 4 is 17.3 Å². The number of carbonyl (C=O) groups excluding carboxylic acids is 1. The van der Waals surface area contributed by atoms with Crippen LogP contribution in [0, 0.1) is 11.3 Å². The molecule has 0 unspecified atom stereocenters. The van der Waals surface area contributed by atoms with Crippen LogP contribution >= 0.6 is 0 Å². The van der Waals surface area contributed by atoms with Gasteiger partial charge in [0.25, 0.3) is 0 Å². The Bertz CT molecular complexity index is 531. The van der Waals surface area contributed by atoms with Crippen LogP contribution < -0.4 is 10.2 Å². The minimum atomic E-state index is -4.95. The first-order chi connectivity index (χ1) is 9.33. The second kappa shape index (κ2) is 6.28. The normalized spacial score (nSPS) is 10.8. The zero-order chi connectivity index (χ0) is 15.3. The van der Waals surface area contributed by atoms with E-state index in [1.165, 1.54) is 18.2 Å². The standard InChI is InChI=1S/C13H14F3N3O/c1-3-19(4-2)11-6-5-10(7-9(11)8-17)18-12(20)13(14,15)16/h5-7H,3-4H2,1-2H3,(H,18,20). The van der Waals surface area contributed by atoms with Gasteiger partial charge in [0.05, 0.1) is 11.3 Å². The molecule has 0 aliphatic heterocycles. The van der Waals surface area contributed by atoms with Crippen LogP contribution in [0.2, 0.25) is 0 Å². The molecule has 0 spiro atoms. The quantitative estimate of drug-likeness (QED) is 0.925. The molecule has 0 heterocycles. The van der Waals surface area contributed by atoms with Crippen LogP contribution in [0.5, 0.6) is 0 Å². The molecule has 0 atom stereocenters. The topological polar surface area (TPSA) is 56.1 Å². The Balaban J connectivity index is 3.05. The average Bonchev–Trinajstić information content (AvgIpc) is 2.40. The number of amides is 1. The Kier molecular flexibility index (Phi) is 4.97. The molecule has 20 heavy (non-hydrogen) atoms. The number of hydrogen-bond donors (Lipinski definition) is 1. The molecule has 0 saturated heterocycles. The predicted octanol–water partition coefficient (Wildman–Crippen LogP) is 2.91. The van der Waals surface area contributed by atoms with E-state index < -0.39 is 12.1 Å². The van der Waals surface area contributed by atoms with Gasteiger partial charge in [0, 0.05) is 18.8 Å². The van der Waals surface area contributed by atoms with Gasteiger partial charge in [0.1, 0.15) is 6.07 Å². The van der Waals surface area contributed by atoms with Gasteiger partial charge in [-0.15, -0.1) is 0 Å². The van der Waals surface area contributed by atoms with E-state index in [0.29, 0.717) is 18.8 Å². The monoisotopic (exact) mass is 285 g/mol. The van der Waals surface area contributed by atoms with Crippen LogP contribution in [-0.4, -0.2) is 25.2 Å². The van der Waals surface area contributed by atoms with E-state index in [4.69, 9.17) is 5.26 Å². The molecule has 4 nitrogen and oxygen atoms in total. The molecule has 0 aliphatic carbocycles. The van der Waals surface area contributed by atoms with Gasteiger partial charge in [-0.05, 0) is 32.0 Å². The summed E-state index contributed by atoms with van der Waals surface area (Å²) in [5.41, 5.74) is 0.788. The van der Waals surface area contributed by atoms with Gasteiger partial charge < -0.3 is 10.2 Å². The van der Waals surface area contributed by atoms with Gasteiger partial charge >= 0.3 is 12.1 Å². The van der Waals surface area contributed by atoms with E-state index in [-0.39, 0.29) is 11.3 Å². The van der Waals surface area contributed by atoms with E-state index in [2.05, 4.69) is 0 Å². The number of alkyl halides is 3. The molecular formula is C13H14F3N3O. The van der Waals surface area contributed by atoms with Crippen molar-refractivity contribution in [3.63, 3.8) is 0 Å². The van der Waals surface area contributed by atoms with Crippen LogP contribution in [0.3, 0.4) is 0 Å². The third-order valence-electron chi connectivity index (χ3n) is 2.74. The fourth-order valence-electron chi connectivity index (χ4n) is 1.75. The van der Waals surface area contributed by atoms with Crippen molar-refractivity contribution in [2.45, 2.75) is 20.0 Å². The first-order valence-corrected chi connectivity index (χ1v) is 6.00. The predicted molar refractivity (Wildman–Crippen MR) is 69.4 cm³/mol. The Morgan fingerprint density at radius 2 is 1.95 bits per heavy atom. The number of nitrogens with zero attached hydrogens (tertiary/aromatic N) is 2. The van der Waals surface area contributed by atoms with E-state index in [1.807, 2.05) is 24.8 Å². The van der Waals surface area contributed by atoms with Gasteiger partial charge in [0.2, 0.25) is 0 Å². The fourth-order valence-corrected chi connectivity index (χ4v) is 1.75. The molecular weight excluding hydrogens is 271 g/mol. The molecule has 1 aromatic carbocycles. The van der Waals surface area contributed by atoms with Crippen LogP contribution in [0.4, 0.5) is 24.5 Å². The van der Waals surface area contributed by atoms with Gasteiger partial charge in [-0.3, -0.25) is 4.79 Å². The summed E-state index contributed by atoms with van der Waals surface area (Å²) < 4.78 is 36.4. The number of hydrogen-bond acceptors (Lipinski definition) is 3. The third kappa shape index (κ3) is 3.63. The van der Waals surface area contributed by atoms with Gasteiger partial charge in [-0.1, -0.05) is 0 Å². The third-order valence-corrected chi connectivity index (χ3v) is 2.74. The van der Waals surface area contributed by atoms with Crippen LogP contribution in [0.25, 0.3) is 0 Å². The summed E-state index contributed by atoms with van der Waals surface area (Å²) in [4.78, 5) is 12.7. The summed E-state index contributed by atoms with van der Waals surface area (Å²) in [6.07, 6.45) is -4.95. The zero-order valence-corrected chi connectivity index (χ0v) is 11.1. The Hall–Kier alpha value is -2.23. The summed E-state index contributed by atoms with van der Waals surface area (Å²) in [6.45, 7) is 5.15. The molecule has 0 aromatic heterocycles. The first-order valence-electron chi connectivity index (χ1n) is 6.00. The molecule has 1 aromatic rings. The number of anilines is 2. The Morgan fingerprint density at radius 1 is 1.35 bits per heavy atom. The molecule has 0 bridgehead atoms. The lowest BCUT2D eigenvalue weighted by molar-refractivity contribution is -0.167. The highest BCUT2D eigenvalue weighted by molar-refractivity contribution is 5.95.